The van der Waals surface area contributed by atoms with Gasteiger partial charge in [0.2, 0.25) is 5.69 Å². The van der Waals surface area contributed by atoms with Gasteiger partial charge in [-0.15, -0.1) is 0 Å². The maximum absolute atomic E-state index is 11.1. The summed E-state index contributed by atoms with van der Waals surface area (Å²) in [5.41, 5.74) is 3.62. The van der Waals surface area contributed by atoms with Crippen LogP contribution in [0.3, 0.4) is 0 Å². The van der Waals surface area contributed by atoms with Crippen LogP contribution >= 0.6 is 11.8 Å². The molecule has 0 radical (unpaired) electrons. The van der Waals surface area contributed by atoms with Crippen LogP contribution in [0.1, 0.15) is 31.0 Å². The number of nitrogens with zero attached hydrogens (tertiary/aromatic N) is 3. The van der Waals surface area contributed by atoms with E-state index in [9.17, 15) is 4.79 Å². The van der Waals surface area contributed by atoms with E-state index in [-0.39, 0.29) is 5.12 Å². The molecule has 0 saturated heterocycles. The van der Waals surface area contributed by atoms with Crippen molar-refractivity contribution < 1.29 is 13.8 Å². The maximum atomic E-state index is 11.1. The summed E-state index contributed by atoms with van der Waals surface area (Å²) in [7, 11) is 8.88. The molecule has 0 aliphatic carbocycles. The molecule has 0 fully saturated rings. The second-order valence-corrected chi connectivity index (χ2v) is 10.00. The fourth-order valence-electron chi connectivity index (χ4n) is 3.23. The van der Waals surface area contributed by atoms with Gasteiger partial charge in [-0.3, -0.25) is 4.79 Å². The molecule has 0 atom stereocenters. The lowest BCUT2D eigenvalue weighted by atomic mass is 10.1. The van der Waals surface area contributed by atoms with Gasteiger partial charge in [-0.2, -0.15) is 4.57 Å². The van der Waals surface area contributed by atoms with Gasteiger partial charge in [0.25, 0.3) is 0 Å². The van der Waals surface area contributed by atoms with Crippen molar-refractivity contribution in [2.45, 2.75) is 26.3 Å². The molecule has 1 aromatic heterocycles. The summed E-state index contributed by atoms with van der Waals surface area (Å²) in [4.78, 5) is 13.4. The van der Waals surface area contributed by atoms with Gasteiger partial charge in [-0.25, -0.2) is 0 Å². The summed E-state index contributed by atoms with van der Waals surface area (Å²) in [5.74, 6) is 0.865. The summed E-state index contributed by atoms with van der Waals surface area (Å²) >= 11 is 1.40. The van der Waals surface area contributed by atoms with E-state index in [0.717, 1.165) is 29.7 Å². The molecule has 30 heavy (non-hydrogen) atoms. The number of carbonyl (C=O) groups excluding carboxylic acids is 1. The third kappa shape index (κ3) is 9.14. The van der Waals surface area contributed by atoms with Crippen LogP contribution in [0.4, 0.5) is 5.69 Å². The van der Waals surface area contributed by atoms with Crippen LogP contribution in [0.5, 0.6) is 0 Å². The van der Waals surface area contributed by atoms with Crippen LogP contribution < -0.4 is 9.47 Å². The fourth-order valence-corrected chi connectivity index (χ4v) is 3.79. The Bertz CT molecular complexity index is 825. The van der Waals surface area contributed by atoms with Gasteiger partial charge in [-0.05, 0) is 29.8 Å². The van der Waals surface area contributed by atoms with Crippen LogP contribution in [0.2, 0.25) is 0 Å². The van der Waals surface area contributed by atoms with E-state index in [2.05, 4.69) is 98.5 Å². The molecule has 4 nitrogen and oxygen atoms in total. The number of hydrogen-bond acceptors (Lipinski definition) is 3. The Morgan fingerprint density at radius 1 is 1.07 bits per heavy atom. The number of thioether (sulfide) groups is 1. The van der Waals surface area contributed by atoms with Crippen LogP contribution in [-0.2, 0) is 11.3 Å². The van der Waals surface area contributed by atoms with Gasteiger partial charge in [0.15, 0.2) is 11.3 Å². The minimum Gasteiger partial charge on any atom is -0.374 e. The monoisotopic (exact) mass is 427 g/mol. The zero-order valence-electron chi connectivity index (χ0n) is 19.2. The summed E-state index contributed by atoms with van der Waals surface area (Å²) in [6.45, 7) is 4.78. The lowest BCUT2D eigenvalue weighted by Gasteiger charge is -2.26. The number of rotatable bonds is 11. The Balaban J connectivity index is 1.93. The smallest absolute Gasteiger partial charge is 0.205 e. The van der Waals surface area contributed by atoms with Crippen molar-refractivity contribution in [2.24, 2.45) is 0 Å². The van der Waals surface area contributed by atoms with E-state index in [4.69, 9.17) is 0 Å². The van der Waals surface area contributed by atoms with Gasteiger partial charge >= 0.3 is 0 Å². The molecule has 2 aromatic rings. The minimum atomic E-state index is 0.190. The molecule has 0 amide bonds. The highest BCUT2D eigenvalue weighted by Crippen LogP contribution is 2.16. The van der Waals surface area contributed by atoms with Gasteiger partial charge in [0.1, 0.15) is 6.54 Å². The van der Waals surface area contributed by atoms with Gasteiger partial charge < -0.3 is 9.38 Å². The van der Waals surface area contributed by atoms with Gasteiger partial charge in [-0.1, -0.05) is 23.9 Å². The first-order chi connectivity index (χ1) is 14.2. The normalized spacial score (nSPS) is 11.8. The third-order valence-corrected chi connectivity index (χ3v) is 5.83. The van der Waals surface area contributed by atoms with E-state index < -0.39 is 0 Å². The first-order valence-electron chi connectivity index (χ1n) is 10.7. The van der Waals surface area contributed by atoms with Crippen molar-refractivity contribution in [1.82, 2.24) is 0 Å². The van der Waals surface area contributed by atoms with Crippen molar-refractivity contribution in [3.63, 3.8) is 0 Å². The number of quaternary nitrogens is 1. The molecule has 162 valence electrons. The Kier molecular flexibility index (Phi) is 9.60. The van der Waals surface area contributed by atoms with Crippen molar-refractivity contribution >= 4 is 34.7 Å². The van der Waals surface area contributed by atoms with Crippen LogP contribution in [0.25, 0.3) is 12.2 Å². The second-order valence-electron chi connectivity index (χ2n) is 8.73. The van der Waals surface area contributed by atoms with Crippen molar-refractivity contribution in [2.75, 3.05) is 51.9 Å². The molecule has 1 heterocycles. The van der Waals surface area contributed by atoms with Crippen LogP contribution in [0, 0.1) is 0 Å². The number of anilines is 1. The lowest BCUT2D eigenvalue weighted by Crippen LogP contribution is -2.37. The van der Waals surface area contributed by atoms with Crippen molar-refractivity contribution in [3.05, 3.63) is 59.9 Å². The molecular formula is C25H37N3OS+2. The first kappa shape index (κ1) is 24.2. The number of benzene rings is 1. The quantitative estimate of drug-likeness (QED) is 0.303. The number of carbonyl (C=O) groups is 1. The number of aromatic nitrogens is 1. The van der Waals surface area contributed by atoms with Crippen molar-refractivity contribution in [1.29, 1.82) is 0 Å². The molecule has 5 heteroatoms. The van der Waals surface area contributed by atoms with E-state index in [1.165, 1.54) is 41.7 Å². The maximum Gasteiger partial charge on any atom is 0.205 e. The van der Waals surface area contributed by atoms with E-state index in [1.54, 1.807) is 6.92 Å². The van der Waals surface area contributed by atoms with E-state index in [0.29, 0.717) is 0 Å². The Labute approximate surface area is 186 Å². The highest BCUT2D eigenvalue weighted by atomic mass is 32.2. The van der Waals surface area contributed by atoms with Crippen LogP contribution in [0.15, 0.2) is 48.7 Å². The highest BCUT2D eigenvalue weighted by Gasteiger charge is 2.09. The molecule has 0 aliphatic rings. The number of hydrogen-bond donors (Lipinski definition) is 0. The van der Waals surface area contributed by atoms with E-state index in [1.807, 2.05) is 0 Å². The summed E-state index contributed by atoms with van der Waals surface area (Å²) in [5, 5.41) is 0.190. The number of pyridine rings is 1. The third-order valence-electron chi connectivity index (χ3n) is 4.93. The zero-order chi connectivity index (χ0) is 22.0. The topological polar surface area (TPSA) is 24.2 Å². The highest BCUT2D eigenvalue weighted by molar-refractivity contribution is 8.13. The average Bonchev–Trinajstić information content (AvgIpc) is 2.69. The molecule has 0 unspecified atom stereocenters. The molecule has 2 rings (SSSR count). The largest absolute Gasteiger partial charge is 0.374 e. The zero-order valence-corrected chi connectivity index (χ0v) is 20.0. The molecule has 1 aromatic carbocycles. The Morgan fingerprint density at radius 2 is 1.80 bits per heavy atom. The Hall–Kier alpha value is -2.11. The summed E-state index contributed by atoms with van der Waals surface area (Å²) in [6.07, 6.45) is 8.59. The van der Waals surface area contributed by atoms with Gasteiger partial charge in [0.05, 0.1) is 27.7 Å². The standard InChI is InChI=1S/C25H37N3OS/c1-22(29)30-21-9-19-27-18-7-6-10-25(27)16-13-23-11-14-24(15-12-23)26(2)17-8-20-28(3,4)5/h6-7,10-16,18H,8-9,17,19-21H2,1-5H3/q+2. The molecule has 0 bridgehead atoms. The molecule has 0 spiro atoms. The summed E-state index contributed by atoms with van der Waals surface area (Å²) in [6, 6.07) is 15.0. The average molecular weight is 428 g/mol. The van der Waals surface area contributed by atoms with E-state index >= 15 is 0 Å². The Morgan fingerprint density at radius 3 is 2.47 bits per heavy atom. The lowest BCUT2D eigenvalue weighted by molar-refractivity contribution is -0.870. The minimum absolute atomic E-state index is 0.190. The number of aryl methyl sites for hydroxylation is 1. The van der Waals surface area contributed by atoms with Gasteiger partial charge in [0, 0.05) is 63.0 Å². The molecular weight excluding hydrogens is 390 g/mol. The molecule has 0 saturated carbocycles. The first-order valence-corrected chi connectivity index (χ1v) is 11.6. The fraction of sp³-hybridized carbons (Fsp3) is 0.440. The second kappa shape index (κ2) is 11.9. The summed E-state index contributed by atoms with van der Waals surface area (Å²) < 4.78 is 3.25. The molecule has 0 aliphatic heterocycles. The van der Waals surface area contributed by atoms with Crippen molar-refractivity contribution in [3.8, 4) is 0 Å². The van der Waals surface area contributed by atoms with Crippen LogP contribution in [-0.4, -0.2) is 56.6 Å². The molecule has 0 N–H and O–H groups in total. The SMILES string of the molecule is CC(=O)SCCC[n+]1ccccc1/C=C/c1ccc(N(C)CCC[N+](C)(C)C)cc1. The predicted molar refractivity (Wildman–Crippen MR) is 131 cm³/mol. The predicted octanol–water partition coefficient (Wildman–Crippen LogP) is 4.35.